The second-order valence-electron chi connectivity index (χ2n) is 5.03. The summed E-state index contributed by atoms with van der Waals surface area (Å²) in [5.41, 5.74) is 0.669. The molecule has 122 valence electrons. The summed E-state index contributed by atoms with van der Waals surface area (Å²) in [4.78, 5) is 48.6. The molecule has 7 nitrogen and oxygen atoms in total. The summed E-state index contributed by atoms with van der Waals surface area (Å²) in [6, 6.07) is 4.76. The van der Waals surface area contributed by atoms with Gasteiger partial charge in [0.1, 0.15) is 12.4 Å². The minimum absolute atomic E-state index is 0.127. The SMILES string of the molecule is CCCN1C(=O)C(=O)N(CC(=O)NCc2ccc(F)cc2)C1=O. The number of rotatable bonds is 6. The fraction of sp³-hybridized carbons (Fsp3) is 0.333. The number of nitrogens with zero attached hydrogens (tertiary/aromatic N) is 2. The number of carbonyl (C=O) groups excluding carboxylic acids is 4. The molecule has 0 radical (unpaired) electrons. The molecule has 0 unspecified atom stereocenters. The highest BCUT2D eigenvalue weighted by Crippen LogP contribution is 2.12. The van der Waals surface area contributed by atoms with Gasteiger partial charge in [0.2, 0.25) is 5.91 Å². The molecule has 1 fully saturated rings. The Bertz CT molecular complexity index is 645. The van der Waals surface area contributed by atoms with Crippen LogP contribution < -0.4 is 5.32 Å². The van der Waals surface area contributed by atoms with E-state index in [9.17, 15) is 23.6 Å². The van der Waals surface area contributed by atoms with Crippen molar-refractivity contribution in [3.05, 3.63) is 35.6 Å². The van der Waals surface area contributed by atoms with E-state index in [1.54, 1.807) is 6.92 Å². The van der Waals surface area contributed by atoms with Gasteiger partial charge in [0.15, 0.2) is 0 Å². The lowest BCUT2D eigenvalue weighted by molar-refractivity contribution is -0.144. The number of hydrogen-bond donors (Lipinski definition) is 1. The number of urea groups is 1. The monoisotopic (exact) mass is 321 g/mol. The zero-order valence-electron chi connectivity index (χ0n) is 12.5. The van der Waals surface area contributed by atoms with Crippen LogP contribution >= 0.6 is 0 Å². The van der Waals surface area contributed by atoms with Crippen LogP contribution in [-0.2, 0) is 20.9 Å². The number of amides is 5. The molecule has 1 heterocycles. The highest BCUT2D eigenvalue weighted by molar-refractivity contribution is 6.45. The summed E-state index contributed by atoms with van der Waals surface area (Å²) in [6.07, 6.45) is 0.523. The third-order valence-corrected chi connectivity index (χ3v) is 3.29. The quantitative estimate of drug-likeness (QED) is 0.615. The van der Waals surface area contributed by atoms with Gasteiger partial charge in [-0.1, -0.05) is 19.1 Å². The smallest absolute Gasteiger partial charge is 0.334 e. The number of benzene rings is 1. The molecule has 5 amide bonds. The zero-order chi connectivity index (χ0) is 17.0. The molecular formula is C15H16FN3O4. The van der Waals surface area contributed by atoms with Crippen LogP contribution in [0.4, 0.5) is 9.18 Å². The Morgan fingerprint density at radius 3 is 2.30 bits per heavy atom. The first kappa shape index (κ1) is 16.6. The van der Waals surface area contributed by atoms with Crippen LogP contribution in [0.15, 0.2) is 24.3 Å². The molecule has 0 bridgehead atoms. The summed E-state index contributed by atoms with van der Waals surface area (Å²) in [5, 5.41) is 2.51. The molecule has 0 aliphatic carbocycles. The van der Waals surface area contributed by atoms with E-state index in [-0.39, 0.29) is 18.9 Å². The van der Waals surface area contributed by atoms with Gasteiger partial charge in [0.25, 0.3) is 0 Å². The molecule has 1 aliphatic heterocycles. The van der Waals surface area contributed by atoms with Crippen molar-refractivity contribution in [1.29, 1.82) is 0 Å². The minimum Gasteiger partial charge on any atom is -0.350 e. The molecule has 1 N–H and O–H groups in total. The van der Waals surface area contributed by atoms with Crippen molar-refractivity contribution in [2.45, 2.75) is 19.9 Å². The molecule has 1 aromatic carbocycles. The normalized spacial score (nSPS) is 14.6. The van der Waals surface area contributed by atoms with Crippen molar-refractivity contribution < 1.29 is 23.6 Å². The van der Waals surface area contributed by atoms with Crippen LogP contribution in [0.2, 0.25) is 0 Å². The molecular weight excluding hydrogens is 305 g/mol. The molecule has 0 atom stereocenters. The number of halogens is 1. The predicted molar refractivity (Wildman–Crippen MR) is 77.4 cm³/mol. The summed E-state index contributed by atoms with van der Waals surface area (Å²) < 4.78 is 12.8. The Balaban J connectivity index is 1.92. The van der Waals surface area contributed by atoms with E-state index in [0.717, 1.165) is 4.90 Å². The summed E-state index contributed by atoms with van der Waals surface area (Å²) >= 11 is 0. The largest absolute Gasteiger partial charge is 0.350 e. The highest BCUT2D eigenvalue weighted by Gasteiger charge is 2.44. The van der Waals surface area contributed by atoms with Gasteiger partial charge in [-0.25, -0.2) is 14.1 Å². The average Bonchev–Trinajstić information content (AvgIpc) is 2.72. The van der Waals surface area contributed by atoms with Crippen molar-refractivity contribution in [2.24, 2.45) is 0 Å². The van der Waals surface area contributed by atoms with Gasteiger partial charge in [-0.05, 0) is 24.1 Å². The number of carbonyl (C=O) groups is 4. The van der Waals surface area contributed by atoms with Crippen molar-refractivity contribution in [2.75, 3.05) is 13.1 Å². The Labute approximate surface area is 132 Å². The van der Waals surface area contributed by atoms with Gasteiger partial charge in [-0.15, -0.1) is 0 Å². The third-order valence-electron chi connectivity index (χ3n) is 3.29. The van der Waals surface area contributed by atoms with E-state index >= 15 is 0 Å². The molecule has 0 aromatic heterocycles. The maximum Gasteiger partial charge on any atom is 0.334 e. The maximum absolute atomic E-state index is 12.8. The summed E-state index contributed by atoms with van der Waals surface area (Å²) in [6.45, 7) is 1.51. The van der Waals surface area contributed by atoms with E-state index in [4.69, 9.17) is 0 Å². The molecule has 8 heteroatoms. The van der Waals surface area contributed by atoms with E-state index in [2.05, 4.69) is 5.32 Å². The molecule has 0 saturated carbocycles. The Kier molecular flexibility index (Phi) is 5.05. The van der Waals surface area contributed by atoms with E-state index in [1.807, 2.05) is 0 Å². The van der Waals surface area contributed by atoms with Crippen LogP contribution in [0, 0.1) is 5.82 Å². The van der Waals surface area contributed by atoms with Crippen molar-refractivity contribution in [1.82, 2.24) is 15.1 Å². The second kappa shape index (κ2) is 6.99. The summed E-state index contributed by atoms with van der Waals surface area (Å²) in [5.74, 6) is -2.88. The lowest BCUT2D eigenvalue weighted by Gasteiger charge is -2.14. The summed E-state index contributed by atoms with van der Waals surface area (Å²) in [7, 11) is 0. The van der Waals surface area contributed by atoms with Gasteiger partial charge in [-0.2, -0.15) is 0 Å². The number of nitrogens with one attached hydrogen (secondary N) is 1. The van der Waals surface area contributed by atoms with Crippen LogP contribution in [0.5, 0.6) is 0 Å². The maximum atomic E-state index is 12.8. The fourth-order valence-electron chi connectivity index (χ4n) is 2.11. The zero-order valence-corrected chi connectivity index (χ0v) is 12.5. The van der Waals surface area contributed by atoms with Crippen LogP contribution in [-0.4, -0.2) is 46.6 Å². The van der Waals surface area contributed by atoms with Crippen molar-refractivity contribution in [3.63, 3.8) is 0 Å². The number of hydrogen-bond acceptors (Lipinski definition) is 4. The molecule has 23 heavy (non-hydrogen) atoms. The Morgan fingerprint density at radius 1 is 1.09 bits per heavy atom. The first-order valence-electron chi connectivity index (χ1n) is 7.12. The van der Waals surface area contributed by atoms with E-state index in [1.165, 1.54) is 24.3 Å². The second-order valence-corrected chi connectivity index (χ2v) is 5.03. The first-order valence-corrected chi connectivity index (χ1v) is 7.12. The first-order chi connectivity index (χ1) is 10.9. The van der Waals surface area contributed by atoms with Crippen molar-refractivity contribution in [3.8, 4) is 0 Å². The molecule has 1 aromatic rings. The predicted octanol–water partition coefficient (Wildman–Crippen LogP) is 0.643. The molecule has 0 spiro atoms. The third kappa shape index (κ3) is 3.71. The van der Waals surface area contributed by atoms with Gasteiger partial charge in [0, 0.05) is 13.1 Å². The number of imide groups is 2. The average molecular weight is 321 g/mol. The Hall–Kier alpha value is -2.77. The van der Waals surface area contributed by atoms with E-state index < -0.39 is 30.3 Å². The standard InChI is InChI=1S/C15H16FN3O4/c1-2-7-18-13(21)14(22)19(15(18)23)9-12(20)17-8-10-3-5-11(16)6-4-10/h3-6H,2,7-9H2,1H3,(H,17,20). The van der Waals surface area contributed by atoms with Crippen LogP contribution in [0.3, 0.4) is 0 Å². The molecule has 1 aliphatic rings. The topological polar surface area (TPSA) is 86.8 Å². The van der Waals surface area contributed by atoms with E-state index in [0.29, 0.717) is 16.9 Å². The highest BCUT2D eigenvalue weighted by atomic mass is 19.1. The Morgan fingerprint density at radius 2 is 1.70 bits per heavy atom. The lowest BCUT2D eigenvalue weighted by Crippen LogP contribution is -2.41. The fourth-order valence-corrected chi connectivity index (χ4v) is 2.11. The molecule has 1 saturated heterocycles. The van der Waals surface area contributed by atoms with Gasteiger partial charge >= 0.3 is 17.8 Å². The van der Waals surface area contributed by atoms with Gasteiger partial charge in [-0.3, -0.25) is 19.3 Å². The van der Waals surface area contributed by atoms with Crippen molar-refractivity contribution >= 4 is 23.8 Å². The van der Waals surface area contributed by atoms with Crippen LogP contribution in [0.1, 0.15) is 18.9 Å². The molecule has 2 rings (SSSR count). The van der Waals surface area contributed by atoms with Crippen LogP contribution in [0.25, 0.3) is 0 Å². The minimum atomic E-state index is -1.000. The van der Waals surface area contributed by atoms with Gasteiger partial charge in [0.05, 0.1) is 0 Å². The van der Waals surface area contributed by atoms with Gasteiger partial charge < -0.3 is 5.32 Å². The lowest BCUT2D eigenvalue weighted by atomic mass is 10.2.